The Kier molecular flexibility index (Phi) is 4.77. The molecule has 0 amide bonds. The number of carbonyl (C=O) groups is 1. The summed E-state index contributed by atoms with van der Waals surface area (Å²) in [7, 11) is 1.25. The van der Waals surface area contributed by atoms with Crippen molar-refractivity contribution in [3.63, 3.8) is 0 Å². The van der Waals surface area contributed by atoms with Crippen molar-refractivity contribution in [3.8, 4) is 0 Å². The summed E-state index contributed by atoms with van der Waals surface area (Å²) in [5.74, 6) is -7.93. The number of allylic oxidation sites excluding steroid dienone is 2. The van der Waals surface area contributed by atoms with Crippen molar-refractivity contribution in [2.24, 2.45) is 10.8 Å². The summed E-state index contributed by atoms with van der Waals surface area (Å²) in [5, 5.41) is 9.90. The van der Waals surface area contributed by atoms with Crippen LogP contribution in [0.3, 0.4) is 0 Å². The number of carboxylic acid groups (broad SMARTS) is 1. The normalized spacial score (nSPS) is 26.5. The van der Waals surface area contributed by atoms with Crippen LogP contribution in [-0.4, -0.2) is 24.8 Å². The number of ether oxygens (including phenoxy) is 1. The fourth-order valence-corrected chi connectivity index (χ4v) is 4.37. The molecule has 2 unspecified atom stereocenters. The molecule has 1 aromatic carbocycles. The summed E-state index contributed by atoms with van der Waals surface area (Å²) in [4.78, 5) is 12.2. The van der Waals surface area contributed by atoms with E-state index < -0.39 is 63.2 Å². The summed E-state index contributed by atoms with van der Waals surface area (Å²) in [6.07, 6.45) is 1.35. The predicted molar refractivity (Wildman–Crippen MR) is 87.6 cm³/mol. The molecule has 0 saturated heterocycles. The van der Waals surface area contributed by atoms with E-state index in [0.29, 0.717) is 5.57 Å². The number of halogens is 4. The van der Waals surface area contributed by atoms with E-state index in [-0.39, 0.29) is 0 Å². The Morgan fingerprint density at radius 2 is 1.58 bits per heavy atom. The van der Waals surface area contributed by atoms with E-state index in [2.05, 4.69) is 6.92 Å². The van der Waals surface area contributed by atoms with Crippen LogP contribution in [-0.2, 0) is 14.9 Å². The van der Waals surface area contributed by atoms with Gasteiger partial charge in [0.05, 0.1) is 6.61 Å². The highest BCUT2D eigenvalue weighted by Crippen LogP contribution is 2.80. The van der Waals surface area contributed by atoms with E-state index in [0.717, 1.165) is 0 Å². The molecule has 0 aliphatic heterocycles. The highest BCUT2D eigenvalue weighted by atomic mass is 19.2. The smallest absolute Gasteiger partial charge is 0.313 e. The van der Waals surface area contributed by atoms with Crippen LogP contribution >= 0.6 is 0 Å². The molecule has 2 atom stereocenters. The van der Waals surface area contributed by atoms with E-state index in [1.54, 1.807) is 13.8 Å². The Labute approximate surface area is 149 Å². The lowest BCUT2D eigenvalue weighted by molar-refractivity contribution is -0.147. The maximum Gasteiger partial charge on any atom is 0.313 e. The highest BCUT2D eigenvalue weighted by molar-refractivity contribution is 5.87. The van der Waals surface area contributed by atoms with Gasteiger partial charge in [-0.2, -0.15) is 0 Å². The molecule has 1 aliphatic rings. The van der Waals surface area contributed by atoms with Crippen molar-refractivity contribution in [2.45, 2.75) is 33.1 Å². The summed E-state index contributed by atoms with van der Waals surface area (Å²) < 4.78 is 63.0. The molecule has 1 radical (unpaired) electrons. The minimum atomic E-state index is -1.84. The van der Waals surface area contributed by atoms with Crippen molar-refractivity contribution in [2.75, 3.05) is 13.7 Å². The van der Waals surface area contributed by atoms with Gasteiger partial charge in [0.25, 0.3) is 0 Å². The molecule has 143 valence electrons. The second-order valence-electron chi connectivity index (χ2n) is 7.41. The molecule has 3 nitrogen and oxygen atoms in total. The number of rotatable bonds is 5. The van der Waals surface area contributed by atoms with Gasteiger partial charge in [-0.25, -0.2) is 17.6 Å². The molecule has 0 bridgehead atoms. The molecule has 2 rings (SSSR count). The number of carboxylic acids is 1. The first-order valence-electron chi connectivity index (χ1n) is 7.92. The van der Waals surface area contributed by atoms with E-state index in [1.807, 2.05) is 0 Å². The predicted octanol–water partition coefficient (Wildman–Crippen LogP) is 4.39. The molecule has 1 aliphatic carbocycles. The van der Waals surface area contributed by atoms with Crippen LogP contribution in [0.15, 0.2) is 11.6 Å². The van der Waals surface area contributed by atoms with Crippen molar-refractivity contribution in [1.82, 2.24) is 0 Å². The SMILES string of the molecule is [CH2]c1c(F)c(F)c(C2(C=C(C)C)C(C)(C)C2(COC)C(=O)O)c(F)c1F. The average Bonchev–Trinajstić information content (AvgIpc) is 2.94. The largest absolute Gasteiger partial charge is 0.481 e. The Balaban J connectivity index is 3.03. The van der Waals surface area contributed by atoms with Crippen LogP contribution in [0.4, 0.5) is 17.6 Å². The summed E-state index contributed by atoms with van der Waals surface area (Å²) in [6.45, 7) is 8.78. The van der Waals surface area contributed by atoms with Gasteiger partial charge < -0.3 is 9.84 Å². The van der Waals surface area contributed by atoms with Crippen molar-refractivity contribution < 1.29 is 32.2 Å². The zero-order valence-electron chi connectivity index (χ0n) is 15.3. The standard InChI is InChI=1S/C19H21F4O3/c1-9(2)7-18(17(4,5)19(18,8-26-6)16(24)25)11-14(22)12(20)10(3)13(21)15(11)23/h7H,3,8H2,1-2,4-6H3,(H,24,25). The molecule has 1 aromatic rings. The van der Waals surface area contributed by atoms with Crippen LogP contribution in [0.2, 0.25) is 0 Å². The minimum Gasteiger partial charge on any atom is -0.481 e. The number of hydrogen-bond donors (Lipinski definition) is 1. The summed E-state index contributed by atoms with van der Waals surface area (Å²) in [6, 6.07) is 0. The number of benzene rings is 1. The lowest BCUT2D eigenvalue weighted by Gasteiger charge is -2.23. The Morgan fingerprint density at radius 3 is 1.92 bits per heavy atom. The van der Waals surface area contributed by atoms with Gasteiger partial charge in [0.15, 0.2) is 23.3 Å². The molecular weight excluding hydrogens is 352 g/mol. The fraction of sp³-hybridized carbons (Fsp3) is 0.474. The third kappa shape index (κ3) is 2.12. The van der Waals surface area contributed by atoms with Crippen molar-refractivity contribution in [3.05, 3.63) is 53.0 Å². The summed E-state index contributed by atoms with van der Waals surface area (Å²) >= 11 is 0. The Bertz CT molecular complexity index is 782. The van der Waals surface area contributed by atoms with Gasteiger partial charge in [0.2, 0.25) is 0 Å². The molecule has 1 saturated carbocycles. The average molecular weight is 373 g/mol. The zero-order valence-corrected chi connectivity index (χ0v) is 15.3. The van der Waals surface area contributed by atoms with Gasteiger partial charge in [-0.1, -0.05) is 25.5 Å². The van der Waals surface area contributed by atoms with Gasteiger partial charge in [0, 0.05) is 23.7 Å². The van der Waals surface area contributed by atoms with Crippen molar-refractivity contribution >= 4 is 5.97 Å². The molecular formula is C19H21F4O3. The zero-order chi connectivity index (χ0) is 20.2. The first kappa shape index (κ1) is 20.4. The first-order chi connectivity index (χ1) is 11.8. The monoisotopic (exact) mass is 373 g/mol. The lowest BCUT2D eigenvalue weighted by Crippen LogP contribution is -2.32. The molecule has 0 aromatic heterocycles. The number of hydrogen-bond acceptors (Lipinski definition) is 2. The van der Waals surface area contributed by atoms with Crippen LogP contribution in [0.5, 0.6) is 0 Å². The first-order valence-corrected chi connectivity index (χ1v) is 7.92. The Hall–Kier alpha value is -1.89. The molecule has 7 heteroatoms. The minimum absolute atomic E-state index is 0.395. The van der Waals surface area contributed by atoms with E-state index >= 15 is 0 Å². The second-order valence-corrected chi connectivity index (χ2v) is 7.41. The van der Waals surface area contributed by atoms with Crippen LogP contribution in [0.1, 0.15) is 38.8 Å². The van der Waals surface area contributed by atoms with Crippen LogP contribution in [0, 0.1) is 41.0 Å². The van der Waals surface area contributed by atoms with Gasteiger partial charge in [-0.3, -0.25) is 4.79 Å². The third-order valence-electron chi connectivity index (χ3n) is 5.64. The van der Waals surface area contributed by atoms with Crippen molar-refractivity contribution in [1.29, 1.82) is 0 Å². The van der Waals surface area contributed by atoms with Gasteiger partial charge in [-0.15, -0.1) is 0 Å². The quantitative estimate of drug-likeness (QED) is 0.473. The van der Waals surface area contributed by atoms with Crippen LogP contribution in [0.25, 0.3) is 0 Å². The fourth-order valence-electron chi connectivity index (χ4n) is 4.37. The van der Waals surface area contributed by atoms with Gasteiger partial charge >= 0.3 is 5.97 Å². The third-order valence-corrected chi connectivity index (χ3v) is 5.64. The number of aliphatic carboxylic acids is 1. The summed E-state index contributed by atoms with van der Waals surface area (Å²) in [5.41, 5.74) is -6.40. The van der Waals surface area contributed by atoms with E-state index in [4.69, 9.17) is 4.74 Å². The topological polar surface area (TPSA) is 46.5 Å². The maximum atomic E-state index is 14.8. The second kappa shape index (κ2) is 6.08. The molecule has 1 N–H and O–H groups in total. The van der Waals surface area contributed by atoms with Gasteiger partial charge in [-0.05, 0) is 26.2 Å². The molecule has 1 fully saturated rings. The van der Waals surface area contributed by atoms with E-state index in [1.165, 1.54) is 27.0 Å². The van der Waals surface area contributed by atoms with Gasteiger partial charge in [0.1, 0.15) is 5.41 Å². The van der Waals surface area contributed by atoms with E-state index in [9.17, 15) is 27.5 Å². The number of methoxy groups -OCH3 is 1. The molecule has 26 heavy (non-hydrogen) atoms. The molecule has 0 heterocycles. The lowest BCUT2D eigenvalue weighted by atomic mass is 9.82. The maximum absolute atomic E-state index is 14.8. The molecule has 0 spiro atoms. The highest BCUT2D eigenvalue weighted by Gasteiger charge is 2.87. The van der Waals surface area contributed by atoms with Crippen LogP contribution < -0.4 is 0 Å². The Morgan fingerprint density at radius 1 is 1.12 bits per heavy atom.